The standard InChI is InChI=1S/C18H20N2O3.C11H14N2O3/c1-2-23-18(22)16-13-8-12-14(10-21)15(12)17(13)20(19-16)9-11-6-4-3-5-7-11;1-2-16-11(15)10-6-3-5-7(4-14)8(5)9(6)12-13-10/h3-7,12,14-15,21H,2,8-10H2,1H3;5,7-8,14H,2-4H2,1H3,(H,12,13)/t12-,14-,15-;5-,7-,8-/m00/s1. The van der Waals surface area contributed by atoms with E-state index >= 15 is 0 Å². The van der Waals surface area contributed by atoms with Gasteiger partial charge >= 0.3 is 11.9 Å². The molecule has 2 aromatic heterocycles. The molecular weight excluding hydrogens is 500 g/mol. The lowest BCUT2D eigenvalue weighted by Crippen LogP contribution is -2.10. The van der Waals surface area contributed by atoms with Gasteiger partial charge in [-0.2, -0.15) is 10.2 Å². The van der Waals surface area contributed by atoms with Crippen molar-refractivity contribution in [3.8, 4) is 0 Å². The predicted molar refractivity (Wildman–Crippen MR) is 139 cm³/mol. The maximum absolute atomic E-state index is 12.2. The highest BCUT2D eigenvalue weighted by Gasteiger charge is 2.59. The molecule has 0 unspecified atom stereocenters. The molecule has 39 heavy (non-hydrogen) atoms. The normalized spacial score (nSPS) is 26.5. The zero-order valence-corrected chi connectivity index (χ0v) is 22.2. The van der Waals surface area contributed by atoms with Crippen LogP contribution in [-0.2, 0) is 28.9 Å². The average Bonchev–Trinajstić information content (AvgIpc) is 3.44. The van der Waals surface area contributed by atoms with Crippen molar-refractivity contribution in [3.63, 3.8) is 0 Å². The molecule has 0 aliphatic heterocycles. The number of esters is 2. The molecule has 6 atom stereocenters. The van der Waals surface area contributed by atoms with Crippen LogP contribution in [0.4, 0.5) is 0 Å². The molecule has 2 saturated carbocycles. The van der Waals surface area contributed by atoms with Crippen molar-refractivity contribution < 1.29 is 29.3 Å². The lowest BCUT2D eigenvalue weighted by atomic mass is 10.1. The maximum atomic E-state index is 12.2. The molecule has 206 valence electrons. The topological polar surface area (TPSA) is 140 Å². The van der Waals surface area contributed by atoms with Gasteiger partial charge in [0.15, 0.2) is 11.4 Å². The number of aliphatic hydroxyl groups excluding tert-OH is 2. The van der Waals surface area contributed by atoms with Gasteiger partial charge in [-0.15, -0.1) is 0 Å². The zero-order valence-electron chi connectivity index (χ0n) is 22.2. The lowest BCUT2D eigenvalue weighted by Gasteiger charge is -2.07. The van der Waals surface area contributed by atoms with Crippen molar-refractivity contribution in [2.24, 2.45) is 23.7 Å². The van der Waals surface area contributed by atoms with Crippen LogP contribution in [0.5, 0.6) is 0 Å². The smallest absolute Gasteiger partial charge is 0.359 e. The number of nitrogens with one attached hydrogen (secondary N) is 1. The van der Waals surface area contributed by atoms with Gasteiger partial charge in [-0.3, -0.25) is 9.78 Å². The third kappa shape index (κ3) is 4.35. The minimum atomic E-state index is -0.346. The number of aromatic nitrogens is 4. The van der Waals surface area contributed by atoms with Gasteiger partial charge in [-0.25, -0.2) is 9.59 Å². The number of fused-ring (bicyclic) bond motifs is 6. The van der Waals surface area contributed by atoms with Crippen LogP contribution in [0.25, 0.3) is 0 Å². The van der Waals surface area contributed by atoms with Crippen LogP contribution in [-0.4, -0.2) is 68.6 Å². The Morgan fingerprint density at radius 1 is 0.923 bits per heavy atom. The summed E-state index contributed by atoms with van der Waals surface area (Å²) in [7, 11) is 0. The summed E-state index contributed by atoms with van der Waals surface area (Å²) in [6.45, 7) is 5.38. The third-order valence-electron chi connectivity index (χ3n) is 8.72. The van der Waals surface area contributed by atoms with Gasteiger partial charge in [-0.05, 0) is 55.9 Å². The Kier molecular flexibility index (Phi) is 6.76. The molecule has 0 amide bonds. The second-order valence-electron chi connectivity index (χ2n) is 10.7. The van der Waals surface area contributed by atoms with E-state index in [1.165, 1.54) is 0 Å². The summed E-state index contributed by atoms with van der Waals surface area (Å²) in [6, 6.07) is 10.1. The van der Waals surface area contributed by atoms with Gasteiger partial charge in [0.25, 0.3) is 0 Å². The molecule has 2 fully saturated rings. The van der Waals surface area contributed by atoms with Crippen LogP contribution in [0.2, 0.25) is 0 Å². The number of carbonyl (C=O) groups excluding carboxylic acids is 2. The summed E-state index contributed by atoms with van der Waals surface area (Å²) in [5.74, 6) is 1.70. The molecule has 4 aliphatic rings. The number of aliphatic hydroxyl groups is 2. The van der Waals surface area contributed by atoms with Crippen LogP contribution >= 0.6 is 0 Å². The molecule has 0 saturated heterocycles. The summed E-state index contributed by atoms with van der Waals surface area (Å²) in [5, 5.41) is 30.1. The largest absolute Gasteiger partial charge is 0.461 e. The molecule has 10 heteroatoms. The fourth-order valence-electron chi connectivity index (χ4n) is 6.81. The molecule has 3 N–H and O–H groups in total. The van der Waals surface area contributed by atoms with E-state index in [1.807, 2.05) is 22.9 Å². The number of aromatic amines is 1. The number of nitrogens with zero attached hydrogens (tertiary/aromatic N) is 3. The van der Waals surface area contributed by atoms with Gasteiger partial charge in [0.2, 0.25) is 0 Å². The van der Waals surface area contributed by atoms with E-state index in [1.54, 1.807) is 13.8 Å². The average molecular weight is 535 g/mol. The van der Waals surface area contributed by atoms with E-state index < -0.39 is 0 Å². The predicted octanol–water partition coefficient (Wildman–Crippen LogP) is 2.45. The SMILES string of the molecule is CCOC(=O)c1n[nH]c2c1C[C@H]1[C@H](CO)[C@@H]21.CCOC(=O)c1nn(Cc2ccccc2)c2c1C[C@H]1[C@H](CO)[C@@H]21. The highest BCUT2D eigenvalue weighted by Crippen LogP contribution is 2.62. The Hall–Kier alpha value is -3.50. The van der Waals surface area contributed by atoms with E-state index in [0.717, 1.165) is 40.9 Å². The number of rotatable bonds is 8. The van der Waals surface area contributed by atoms with Crippen molar-refractivity contribution in [2.75, 3.05) is 26.4 Å². The van der Waals surface area contributed by atoms with E-state index in [4.69, 9.17) is 14.6 Å². The lowest BCUT2D eigenvalue weighted by molar-refractivity contribution is 0.0508. The molecule has 4 aliphatic carbocycles. The Balaban J connectivity index is 0.000000151. The minimum Gasteiger partial charge on any atom is -0.461 e. The minimum absolute atomic E-state index is 0.208. The Morgan fingerprint density at radius 2 is 1.54 bits per heavy atom. The molecule has 1 aromatic carbocycles. The summed E-state index contributed by atoms with van der Waals surface area (Å²) in [5.41, 5.74) is 6.23. The van der Waals surface area contributed by atoms with Crippen molar-refractivity contribution in [1.29, 1.82) is 0 Å². The summed E-state index contributed by atoms with van der Waals surface area (Å²) in [6.07, 6.45) is 1.67. The van der Waals surface area contributed by atoms with Crippen LogP contribution < -0.4 is 0 Å². The van der Waals surface area contributed by atoms with E-state index in [-0.39, 0.29) is 25.2 Å². The van der Waals surface area contributed by atoms with Crippen LogP contribution in [0, 0.1) is 23.7 Å². The van der Waals surface area contributed by atoms with Gasteiger partial charge in [0, 0.05) is 47.6 Å². The van der Waals surface area contributed by atoms with Gasteiger partial charge in [0.05, 0.1) is 19.8 Å². The zero-order chi connectivity index (χ0) is 27.3. The molecule has 2 heterocycles. The van der Waals surface area contributed by atoms with Crippen molar-refractivity contribution in [1.82, 2.24) is 20.0 Å². The molecule has 7 rings (SSSR count). The Bertz CT molecular complexity index is 1380. The summed E-state index contributed by atoms with van der Waals surface area (Å²) in [4.78, 5) is 23.8. The number of hydrogen-bond acceptors (Lipinski definition) is 8. The van der Waals surface area contributed by atoms with Gasteiger partial charge in [0.1, 0.15) is 0 Å². The Labute approximate surface area is 226 Å². The molecular formula is C29H34N4O6. The highest BCUT2D eigenvalue weighted by atomic mass is 16.5. The molecule has 3 aromatic rings. The second-order valence-corrected chi connectivity index (χ2v) is 10.7. The van der Waals surface area contributed by atoms with Crippen molar-refractivity contribution >= 4 is 11.9 Å². The first-order chi connectivity index (χ1) is 19.0. The first kappa shape index (κ1) is 25.8. The fraction of sp³-hybridized carbons (Fsp3) is 0.517. The number of hydrogen-bond donors (Lipinski definition) is 3. The van der Waals surface area contributed by atoms with Crippen molar-refractivity contribution in [3.05, 3.63) is 69.8 Å². The molecule has 10 nitrogen and oxygen atoms in total. The quantitative estimate of drug-likeness (QED) is 0.375. The molecule has 0 bridgehead atoms. The summed E-state index contributed by atoms with van der Waals surface area (Å²) >= 11 is 0. The number of ether oxygens (including phenoxy) is 2. The third-order valence-corrected chi connectivity index (χ3v) is 8.72. The second kappa shape index (κ2) is 10.2. The van der Waals surface area contributed by atoms with E-state index in [2.05, 4.69) is 27.4 Å². The van der Waals surface area contributed by atoms with E-state index in [0.29, 0.717) is 66.7 Å². The maximum Gasteiger partial charge on any atom is 0.359 e. The first-order valence-corrected chi connectivity index (χ1v) is 13.8. The monoisotopic (exact) mass is 534 g/mol. The number of H-pyrrole nitrogens is 1. The number of benzene rings is 1. The van der Waals surface area contributed by atoms with Crippen LogP contribution in [0.15, 0.2) is 30.3 Å². The van der Waals surface area contributed by atoms with Gasteiger partial charge in [-0.1, -0.05) is 30.3 Å². The molecule has 0 spiro atoms. The first-order valence-electron chi connectivity index (χ1n) is 13.8. The molecule has 0 radical (unpaired) electrons. The number of carbonyl (C=O) groups is 2. The fourth-order valence-corrected chi connectivity index (χ4v) is 6.81. The van der Waals surface area contributed by atoms with Crippen LogP contribution in [0.1, 0.15) is 74.7 Å². The highest BCUT2D eigenvalue weighted by molar-refractivity contribution is 5.90. The van der Waals surface area contributed by atoms with Gasteiger partial charge < -0.3 is 19.7 Å². The Morgan fingerprint density at radius 3 is 2.21 bits per heavy atom. The van der Waals surface area contributed by atoms with Crippen LogP contribution in [0.3, 0.4) is 0 Å². The van der Waals surface area contributed by atoms with Crippen molar-refractivity contribution in [2.45, 2.75) is 45.1 Å². The van der Waals surface area contributed by atoms with E-state index in [9.17, 15) is 14.7 Å². The summed E-state index contributed by atoms with van der Waals surface area (Å²) < 4.78 is 12.0.